The number of benzene rings is 2. The average molecular weight is 399 g/mol. The number of nitrogens with one attached hydrogen (secondary N) is 1. The number of ether oxygens (including phenoxy) is 3. The van der Waals surface area contributed by atoms with Crippen molar-refractivity contribution < 1.29 is 23.8 Å². The van der Waals surface area contributed by atoms with Crippen molar-refractivity contribution >= 4 is 28.5 Å². The Bertz CT molecular complexity index is 975. The van der Waals surface area contributed by atoms with Crippen molar-refractivity contribution in [2.45, 2.75) is 0 Å². The summed E-state index contributed by atoms with van der Waals surface area (Å²) in [7, 11) is 2.71. The topological polar surface area (TPSA) is 99.6 Å². The van der Waals surface area contributed by atoms with Crippen molar-refractivity contribution in [1.29, 1.82) is 0 Å². The summed E-state index contributed by atoms with van der Waals surface area (Å²) in [6, 6.07) is 14.1. The standard InChI is InChI=1S/C19H17N3O5S/c1-25-15-10-13(8-9-14(15)27-11-16(23)26-2)18(24)21-19-20-17(22-28-19)12-6-4-3-5-7-12/h3-10H,11H2,1-2H3,(H,20,21,22,24). The van der Waals surface area contributed by atoms with Crippen LogP contribution in [0.5, 0.6) is 11.5 Å². The molecule has 0 bridgehead atoms. The van der Waals surface area contributed by atoms with E-state index in [9.17, 15) is 9.59 Å². The van der Waals surface area contributed by atoms with Gasteiger partial charge in [-0.25, -0.2) is 4.79 Å². The van der Waals surface area contributed by atoms with Gasteiger partial charge in [0.15, 0.2) is 23.9 Å². The van der Waals surface area contributed by atoms with E-state index >= 15 is 0 Å². The molecular weight excluding hydrogens is 382 g/mol. The molecule has 0 spiro atoms. The number of hydrogen-bond donors (Lipinski definition) is 1. The highest BCUT2D eigenvalue weighted by Gasteiger charge is 2.15. The van der Waals surface area contributed by atoms with Gasteiger partial charge < -0.3 is 14.2 Å². The van der Waals surface area contributed by atoms with E-state index in [1.54, 1.807) is 12.1 Å². The summed E-state index contributed by atoms with van der Waals surface area (Å²) in [4.78, 5) is 28.0. The number of anilines is 1. The maximum Gasteiger partial charge on any atom is 0.343 e. The van der Waals surface area contributed by atoms with Gasteiger partial charge in [0.25, 0.3) is 5.91 Å². The molecule has 0 fully saturated rings. The molecule has 9 heteroatoms. The molecule has 3 aromatic rings. The van der Waals surface area contributed by atoms with Gasteiger partial charge in [0.2, 0.25) is 5.13 Å². The summed E-state index contributed by atoms with van der Waals surface area (Å²) >= 11 is 1.09. The molecule has 144 valence electrons. The smallest absolute Gasteiger partial charge is 0.343 e. The zero-order valence-corrected chi connectivity index (χ0v) is 16.0. The van der Waals surface area contributed by atoms with E-state index in [1.807, 2.05) is 30.3 Å². The first kappa shape index (κ1) is 19.3. The molecule has 0 saturated carbocycles. The van der Waals surface area contributed by atoms with Gasteiger partial charge >= 0.3 is 5.97 Å². The van der Waals surface area contributed by atoms with Gasteiger partial charge in [0, 0.05) is 22.7 Å². The van der Waals surface area contributed by atoms with E-state index in [0.717, 1.165) is 17.1 Å². The zero-order valence-electron chi connectivity index (χ0n) is 15.2. The minimum absolute atomic E-state index is 0.258. The van der Waals surface area contributed by atoms with Crippen LogP contribution in [0, 0.1) is 0 Å². The summed E-state index contributed by atoms with van der Waals surface area (Å²) in [5, 5.41) is 3.10. The molecule has 0 atom stereocenters. The van der Waals surface area contributed by atoms with Crippen LogP contribution in [0.25, 0.3) is 11.4 Å². The summed E-state index contributed by atoms with van der Waals surface area (Å²) < 4.78 is 19.4. The van der Waals surface area contributed by atoms with E-state index in [4.69, 9.17) is 9.47 Å². The highest BCUT2D eigenvalue weighted by atomic mass is 32.1. The molecule has 8 nitrogen and oxygen atoms in total. The number of methoxy groups -OCH3 is 2. The van der Waals surface area contributed by atoms with Crippen LogP contribution in [0.4, 0.5) is 5.13 Å². The van der Waals surface area contributed by atoms with E-state index in [0.29, 0.717) is 28.0 Å². The second kappa shape index (κ2) is 8.96. The maximum atomic E-state index is 12.5. The lowest BCUT2D eigenvalue weighted by Crippen LogP contribution is -2.14. The molecule has 3 rings (SSSR count). The predicted molar refractivity (Wildman–Crippen MR) is 104 cm³/mol. The van der Waals surface area contributed by atoms with Crippen LogP contribution < -0.4 is 14.8 Å². The van der Waals surface area contributed by atoms with Crippen LogP contribution in [0.15, 0.2) is 48.5 Å². The molecule has 28 heavy (non-hydrogen) atoms. The highest BCUT2D eigenvalue weighted by molar-refractivity contribution is 7.10. The zero-order chi connectivity index (χ0) is 19.9. The van der Waals surface area contributed by atoms with E-state index < -0.39 is 5.97 Å². The van der Waals surface area contributed by atoms with Crippen LogP contribution in [0.3, 0.4) is 0 Å². The Hall–Kier alpha value is -3.46. The Labute approximate surface area is 165 Å². The molecule has 1 N–H and O–H groups in total. The van der Waals surface area contributed by atoms with Gasteiger partial charge in [-0.1, -0.05) is 30.3 Å². The Morgan fingerprint density at radius 2 is 1.86 bits per heavy atom. The van der Waals surface area contributed by atoms with Crippen molar-refractivity contribution in [2.24, 2.45) is 0 Å². The summed E-state index contributed by atoms with van der Waals surface area (Å²) in [5.41, 5.74) is 1.21. The van der Waals surface area contributed by atoms with Crippen LogP contribution in [0.2, 0.25) is 0 Å². The minimum Gasteiger partial charge on any atom is -0.493 e. The number of rotatable bonds is 7. The number of esters is 1. The molecule has 1 amide bonds. The first-order chi connectivity index (χ1) is 13.6. The number of carbonyl (C=O) groups excluding carboxylic acids is 2. The first-order valence-electron chi connectivity index (χ1n) is 8.19. The van der Waals surface area contributed by atoms with Crippen LogP contribution in [-0.2, 0) is 9.53 Å². The quantitative estimate of drug-likeness (QED) is 0.610. The first-order valence-corrected chi connectivity index (χ1v) is 8.96. The van der Waals surface area contributed by atoms with Gasteiger partial charge in [-0.05, 0) is 18.2 Å². The van der Waals surface area contributed by atoms with Crippen molar-refractivity contribution in [2.75, 3.05) is 26.1 Å². The average Bonchev–Trinajstić information content (AvgIpc) is 3.20. The SMILES string of the molecule is COC(=O)COc1ccc(C(=O)Nc2nc(-c3ccccc3)ns2)cc1OC. The Balaban J connectivity index is 1.70. The molecule has 0 aliphatic heterocycles. The summed E-state index contributed by atoms with van der Waals surface area (Å²) in [6.45, 7) is -0.258. The molecule has 0 unspecified atom stereocenters. The van der Waals surface area contributed by atoms with Gasteiger partial charge in [-0.3, -0.25) is 10.1 Å². The predicted octanol–water partition coefficient (Wildman–Crippen LogP) is 3.02. The maximum absolute atomic E-state index is 12.5. The third-order valence-electron chi connectivity index (χ3n) is 3.68. The largest absolute Gasteiger partial charge is 0.493 e. The summed E-state index contributed by atoms with van der Waals surface area (Å²) in [6.07, 6.45) is 0. The lowest BCUT2D eigenvalue weighted by molar-refractivity contribution is -0.142. The molecule has 0 aliphatic carbocycles. The van der Waals surface area contributed by atoms with Gasteiger partial charge in [-0.2, -0.15) is 9.36 Å². The van der Waals surface area contributed by atoms with Crippen molar-refractivity contribution in [3.05, 3.63) is 54.1 Å². The fraction of sp³-hybridized carbons (Fsp3) is 0.158. The number of carbonyl (C=O) groups is 2. The second-order valence-corrected chi connectivity index (χ2v) is 6.23. The van der Waals surface area contributed by atoms with Crippen LogP contribution in [0.1, 0.15) is 10.4 Å². The van der Waals surface area contributed by atoms with Gasteiger partial charge in [-0.15, -0.1) is 0 Å². The minimum atomic E-state index is -0.519. The molecule has 0 aliphatic rings. The highest BCUT2D eigenvalue weighted by Crippen LogP contribution is 2.29. The van der Waals surface area contributed by atoms with Crippen molar-refractivity contribution in [3.63, 3.8) is 0 Å². The third kappa shape index (κ3) is 4.63. The lowest BCUT2D eigenvalue weighted by atomic mass is 10.2. The second-order valence-electron chi connectivity index (χ2n) is 5.47. The van der Waals surface area contributed by atoms with Crippen LogP contribution in [-0.4, -0.2) is 42.1 Å². The van der Waals surface area contributed by atoms with Gasteiger partial charge in [0.05, 0.1) is 14.2 Å². The lowest BCUT2D eigenvalue weighted by Gasteiger charge is -2.11. The molecule has 1 aromatic heterocycles. The monoisotopic (exact) mass is 399 g/mol. The summed E-state index contributed by atoms with van der Waals surface area (Å²) in [5.74, 6) is 0.304. The number of aromatic nitrogens is 2. The molecule has 0 radical (unpaired) electrons. The van der Waals surface area contributed by atoms with Crippen molar-refractivity contribution in [1.82, 2.24) is 9.36 Å². The van der Waals surface area contributed by atoms with Crippen molar-refractivity contribution in [3.8, 4) is 22.9 Å². The Morgan fingerprint density at radius 1 is 1.07 bits per heavy atom. The number of hydrogen-bond acceptors (Lipinski definition) is 8. The number of nitrogens with zero attached hydrogens (tertiary/aromatic N) is 2. The van der Waals surface area contributed by atoms with Crippen LogP contribution >= 0.6 is 11.5 Å². The Kier molecular flexibility index (Phi) is 6.18. The fourth-order valence-corrected chi connectivity index (χ4v) is 2.86. The fourth-order valence-electron chi connectivity index (χ4n) is 2.27. The molecule has 1 heterocycles. The Morgan fingerprint density at radius 3 is 2.57 bits per heavy atom. The van der Waals surface area contributed by atoms with E-state index in [1.165, 1.54) is 20.3 Å². The van der Waals surface area contributed by atoms with E-state index in [2.05, 4.69) is 19.4 Å². The molecular formula is C19H17N3O5S. The molecule has 2 aromatic carbocycles. The normalized spacial score (nSPS) is 10.2. The number of amides is 1. The van der Waals surface area contributed by atoms with Gasteiger partial charge in [0.1, 0.15) is 0 Å². The molecule has 0 saturated heterocycles. The third-order valence-corrected chi connectivity index (χ3v) is 4.31. The van der Waals surface area contributed by atoms with E-state index in [-0.39, 0.29) is 12.5 Å².